The summed E-state index contributed by atoms with van der Waals surface area (Å²) in [7, 11) is 0. The molecule has 1 aliphatic rings. The van der Waals surface area contributed by atoms with E-state index in [4.69, 9.17) is 15.2 Å². The van der Waals surface area contributed by atoms with Gasteiger partial charge in [0.2, 0.25) is 0 Å². The number of anilines is 1. The maximum atomic E-state index is 12.8. The van der Waals surface area contributed by atoms with Crippen LogP contribution in [0.15, 0.2) is 72.8 Å². The molecule has 0 heterocycles. The number of carbonyl (C=O) groups excluding carboxylic acids is 2. The molecular weight excluding hydrogens is 428 g/mol. The molecule has 0 fully saturated rings. The molecule has 4 rings (SSSR count). The molecule has 1 amide bonds. The number of benzene rings is 3. The Kier molecular flexibility index (Phi) is 6.59. The molecule has 0 bridgehead atoms. The van der Waals surface area contributed by atoms with Gasteiger partial charge in [-0.3, -0.25) is 0 Å². The third-order valence-corrected chi connectivity index (χ3v) is 5.75. The van der Waals surface area contributed by atoms with E-state index in [0.717, 1.165) is 27.8 Å². The highest BCUT2D eigenvalue weighted by molar-refractivity contribution is 5.82. The van der Waals surface area contributed by atoms with Crippen LogP contribution in [-0.2, 0) is 20.7 Å². The summed E-state index contributed by atoms with van der Waals surface area (Å²) in [5.74, 6) is -0.576. The Balaban J connectivity index is 1.46. The number of amides is 1. The van der Waals surface area contributed by atoms with Crippen LogP contribution in [0.25, 0.3) is 11.1 Å². The van der Waals surface area contributed by atoms with Crippen molar-refractivity contribution in [2.24, 2.45) is 0 Å². The first-order valence-electron chi connectivity index (χ1n) is 11.4. The zero-order chi connectivity index (χ0) is 24.3. The molecule has 1 aliphatic carbocycles. The summed E-state index contributed by atoms with van der Waals surface area (Å²) in [6.07, 6.45) is -0.396. The summed E-state index contributed by atoms with van der Waals surface area (Å²) in [4.78, 5) is 25.6. The maximum absolute atomic E-state index is 12.8. The van der Waals surface area contributed by atoms with Crippen molar-refractivity contribution in [1.29, 1.82) is 0 Å². The normalized spacial score (nSPS) is 13.5. The fraction of sp³-hybridized carbons (Fsp3) is 0.286. The van der Waals surface area contributed by atoms with Crippen LogP contribution in [0, 0.1) is 0 Å². The Morgan fingerprint density at radius 1 is 0.912 bits per heavy atom. The minimum Gasteiger partial charge on any atom is -0.458 e. The number of ether oxygens (including phenoxy) is 2. The fourth-order valence-electron chi connectivity index (χ4n) is 4.24. The fourth-order valence-corrected chi connectivity index (χ4v) is 4.24. The lowest BCUT2D eigenvalue weighted by Crippen LogP contribution is -2.46. The molecular formula is C28H30N2O4. The van der Waals surface area contributed by atoms with Gasteiger partial charge in [0, 0.05) is 18.0 Å². The number of esters is 1. The molecule has 3 aromatic carbocycles. The summed E-state index contributed by atoms with van der Waals surface area (Å²) >= 11 is 0. The van der Waals surface area contributed by atoms with E-state index in [-0.39, 0.29) is 18.9 Å². The molecule has 0 aliphatic heterocycles. The predicted octanol–water partition coefficient (Wildman–Crippen LogP) is 5.06. The smallest absolute Gasteiger partial charge is 0.407 e. The van der Waals surface area contributed by atoms with Crippen LogP contribution >= 0.6 is 0 Å². The van der Waals surface area contributed by atoms with E-state index < -0.39 is 23.7 Å². The average Bonchev–Trinajstić information content (AvgIpc) is 3.11. The molecule has 3 N–H and O–H groups in total. The summed E-state index contributed by atoms with van der Waals surface area (Å²) in [6, 6.07) is 22.6. The van der Waals surface area contributed by atoms with Crippen molar-refractivity contribution in [2.45, 2.75) is 44.8 Å². The Bertz CT molecular complexity index is 1140. The van der Waals surface area contributed by atoms with Gasteiger partial charge in [-0.05, 0) is 60.7 Å². The molecule has 0 saturated heterocycles. The number of rotatable bonds is 6. The lowest BCUT2D eigenvalue weighted by molar-refractivity contribution is -0.157. The second kappa shape index (κ2) is 9.59. The summed E-state index contributed by atoms with van der Waals surface area (Å²) < 4.78 is 11.2. The molecule has 6 heteroatoms. The van der Waals surface area contributed by atoms with Gasteiger partial charge in [-0.2, -0.15) is 0 Å². The van der Waals surface area contributed by atoms with Crippen LogP contribution in [-0.4, -0.2) is 30.3 Å². The maximum Gasteiger partial charge on any atom is 0.407 e. The Morgan fingerprint density at radius 3 is 2.03 bits per heavy atom. The zero-order valence-corrected chi connectivity index (χ0v) is 19.7. The largest absolute Gasteiger partial charge is 0.458 e. The van der Waals surface area contributed by atoms with E-state index in [9.17, 15) is 9.59 Å². The SMILES string of the molecule is CC(C)(C)OC(=O)C(Cc1ccc(N)cc1)NC(=O)OCC1c2ccccc2-c2ccccc21. The van der Waals surface area contributed by atoms with Gasteiger partial charge in [0.1, 0.15) is 18.2 Å². The molecule has 176 valence electrons. The van der Waals surface area contributed by atoms with E-state index in [0.29, 0.717) is 5.69 Å². The summed E-state index contributed by atoms with van der Waals surface area (Å²) in [6.45, 7) is 5.54. The van der Waals surface area contributed by atoms with Crippen molar-refractivity contribution < 1.29 is 19.1 Å². The molecule has 6 nitrogen and oxygen atoms in total. The molecule has 0 aromatic heterocycles. The topological polar surface area (TPSA) is 90.6 Å². The summed E-state index contributed by atoms with van der Waals surface area (Å²) in [5, 5.41) is 2.71. The van der Waals surface area contributed by atoms with Crippen LogP contribution in [0.2, 0.25) is 0 Å². The molecule has 1 unspecified atom stereocenters. The lowest BCUT2D eigenvalue weighted by atomic mass is 9.98. The minimum atomic E-state index is -0.890. The number of carbonyl (C=O) groups is 2. The van der Waals surface area contributed by atoms with Gasteiger partial charge in [0.25, 0.3) is 0 Å². The molecule has 3 aromatic rings. The van der Waals surface area contributed by atoms with Gasteiger partial charge >= 0.3 is 12.1 Å². The zero-order valence-electron chi connectivity index (χ0n) is 19.7. The number of nitrogens with two attached hydrogens (primary N) is 1. The standard InChI is InChI=1S/C28H30N2O4/c1-28(2,3)34-26(31)25(16-18-12-14-19(29)15-13-18)30-27(32)33-17-24-22-10-6-4-8-20(22)21-9-5-7-11-23(21)24/h4-15,24-25H,16-17,29H2,1-3H3,(H,30,32). The number of hydrogen-bond acceptors (Lipinski definition) is 5. The van der Waals surface area contributed by atoms with Crippen molar-refractivity contribution in [3.8, 4) is 11.1 Å². The Hall–Kier alpha value is -3.80. The second-order valence-corrected chi connectivity index (χ2v) is 9.50. The van der Waals surface area contributed by atoms with Crippen LogP contribution < -0.4 is 11.1 Å². The van der Waals surface area contributed by atoms with E-state index in [1.54, 1.807) is 32.9 Å². The molecule has 0 saturated carbocycles. The molecule has 0 spiro atoms. The van der Waals surface area contributed by atoms with E-state index in [1.165, 1.54) is 0 Å². The molecule has 0 radical (unpaired) electrons. The first kappa shape index (κ1) is 23.4. The van der Waals surface area contributed by atoms with Gasteiger partial charge < -0.3 is 20.5 Å². The van der Waals surface area contributed by atoms with Gasteiger partial charge in [0.15, 0.2) is 0 Å². The third kappa shape index (κ3) is 5.39. The van der Waals surface area contributed by atoms with E-state index in [2.05, 4.69) is 29.6 Å². The predicted molar refractivity (Wildman–Crippen MR) is 132 cm³/mol. The molecule has 1 atom stereocenters. The monoisotopic (exact) mass is 458 g/mol. The van der Waals surface area contributed by atoms with Crippen LogP contribution in [0.3, 0.4) is 0 Å². The van der Waals surface area contributed by atoms with Crippen molar-refractivity contribution in [2.75, 3.05) is 12.3 Å². The second-order valence-electron chi connectivity index (χ2n) is 9.50. The van der Waals surface area contributed by atoms with Gasteiger partial charge in [-0.1, -0.05) is 60.7 Å². The van der Waals surface area contributed by atoms with Crippen molar-refractivity contribution in [3.63, 3.8) is 0 Å². The van der Waals surface area contributed by atoms with Gasteiger partial charge in [0.05, 0.1) is 0 Å². The third-order valence-electron chi connectivity index (χ3n) is 5.75. The highest BCUT2D eigenvalue weighted by atomic mass is 16.6. The van der Waals surface area contributed by atoms with Crippen LogP contribution in [0.1, 0.15) is 43.4 Å². The van der Waals surface area contributed by atoms with Crippen molar-refractivity contribution in [3.05, 3.63) is 89.5 Å². The van der Waals surface area contributed by atoms with Gasteiger partial charge in [-0.25, -0.2) is 9.59 Å². The highest BCUT2D eigenvalue weighted by Gasteiger charge is 2.31. The average molecular weight is 459 g/mol. The van der Waals surface area contributed by atoms with Crippen LogP contribution in [0.4, 0.5) is 10.5 Å². The van der Waals surface area contributed by atoms with E-state index >= 15 is 0 Å². The number of fused-ring (bicyclic) bond motifs is 3. The Labute approximate surface area is 200 Å². The Morgan fingerprint density at radius 2 is 1.47 bits per heavy atom. The van der Waals surface area contributed by atoms with Crippen LogP contribution in [0.5, 0.6) is 0 Å². The van der Waals surface area contributed by atoms with Crippen molar-refractivity contribution >= 4 is 17.7 Å². The minimum absolute atomic E-state index is 0.0600. The molecule has 34 heavy (non-hydrogen) atoms. The summed E-state index contributed by atoms with van der Waals surface area (Å²) in [5.41, 5.74) is 11.1. The number of hydrogen-bond donors (Lipinski definition) is 2. The number of nitrogens with one attached hydrogen (secondary N) is 1. The lowest BCUT2D eigenvalue weighted by Gasteiger charge is -2.25. The quantitative estimate of drug-likeness (QED) is 0.398. The van der Waals surface area contributed by atoms with Crippen molar-refractivity contribution in [1.82, 2.24) is 5.32 Å². The first-order chi connectivity index (χ1) is 16.2. The number of nitrogen functional groups attached to an aromatic ring is 1. The van der Waals surface area contributed by atoms with Gasteiger partial charge in [-0.15, -0.1) is 0 Å². The number of alkyl carbamates (subject to hydrolysis) is 1. The first-order valence-corrected chi connectivity index (χ1v) is 11.4. The highest BCUT2D eigenvalue weighted by Crippen LogP contribution is 2.44. The van der Waals surface area contributed by atoms with E-state index in [1.807, 2.05) is 36.4 Å².